The Morgan fingerprint density at radius 1 is 0.869 bits per heavy atom. The van der Waals surface area contributed by atoms with Crippen LogP contribution in [0.4, 0.5) is 0 Å². The Morgan fingerprint density at radius 3 is 2.30 bits per heavy atom. The van der Waals surface area contributed by atoms with Crippen LogP contribution in [-0.4, -0.2) is 118 Å². The highest BCUT2D eigenvalue weighted by atomic mass is 16.2. The second kappa shape index (κ2) is 23.1. The number of fused-ring (bicyclic) bond motifs is 1. The minimum Gasteiger partial charge on any atom is -0.370 e. The highest BCUT2D eigenvalue weighted by Gasteiger charge is 2.40. The first-order valence-electron chi connectivity index (χ1n) is 21.5. The number of hydrogen-bond donors (Lipinski definition) is 9. The van der Waals surface area contributed by atoms with Crippen molar-refractivity contribution < 1.29 is 33.6 Å². The smallest absolute Gasteiger partial charge is 0.245 e. The van der Waals surface area contributed by atoms with Crippen molar-refractivity contribution in [3.63, 3.8) is 0 Å². The molecule has 1 aromatic heterocycles. The van der Waals surface area contributed by atoms with Crippen LogP contribution in [-0.2, 0) is 46.4 Å². The van der Waals surface area contributed by atoms with E-state index in [1.54, 1.807) is 0 Å². The van der Waals surface area contributed by atoms with Crippen molar-refractivity contribution in [3.05, 3.63) is 54.1 Å². The fourth-order valence-corrected chi connectivity index (χ4v) is 8.38. The van der Waals surface area contributed by atoms with Gasteiger partial charge in [-0.3, -0.25) is 38.6 Å². The van der Waals surface area contributed by atoms with E-state index in [9.17, 15) is 33.6 Å². The third kappa shape index (κ3) is 14.3. The van der Waals surface area contributed by atoms with E-state index >= 15 is 0 Å². The van der Waals surface area contributed by atoms with Crippen molar-refractivity contribution in [1.82, 2.24) is 46.8 Å². The Bertz CT molecular complexity index is 1830. The number of benzene rings is 1. The van der Waals surface area contributed by atoms with E-state index in [1.165, 1.54) is 24.3 Å². The number of aromatic amines is 1. The molecule has 4 unspecified atom stereocenters. The maximum Gasteiger partial charge on any atom is 0.245 e. The van der Waals surface area contributed by atoms with Gasteiger partial charge < -0.3 is 53.3 Å². The van der Waals surface area contributed by atoms with Gasteiger partial charge in [0.1, 0.15) is 36.3 Å². The molecule has 19 nitrogen and oxygen atoms in total. The van der Waals surface area contributed by atoms with Gasteiger partial charge in [0.25, 0.3) is 0 Å². The number of nitrogens with two attached hydrogens (primary N) is 2. The summed E-state index contributed by atoms with van der Waals surface area (Å²) < 4.78 is 0. The molecule has 3 aliphatic rings. The molecule has 1 aliphatic carbocycles. The van der Waals surface area contributed by atoms with Crippen LogP contribution in [0.25, 0.3) is 0 Å². The number of guanidine groups is 1. The second-order valence-corrected chi connectivity index (χ2v) is 16.3. The van der Waals surface area contributed by atoms with Crippen molar-refractivity contribution in [2.75, 3.05) is 19.6 Å². The van der Waals surface area contributed by atoms with Gasteiger partial charge in [0.2, 0.25) is 41.4 Å². The number of nitrogens with zero attached hydrogens (tertiary/aromatic N) is 3. The minimum atomic E-state index is -1.15. The van der Waals surface area contributed by atoms with E-state index in [4.69, 9.17) is 11.5 Å². The summed E-state index contributed by atoms with van der Waals surface area (Å²) in [4.78, 5) is 110. The lowest BCUT2D eigenvalue weighted by molar-refractivity contribution is -0.142. The van der Waals surface area contributed by atoms with Crippen molar-refractivity contribution in [3.8, 4) is 0 Å². The first-order chi connectivity index (χ1) is 29.4. The van der Waals surface area contributed by atoms with E-state index < -0.39 is 77.6 Å². The van der Waals surface area contributed by atoms with Crippen LogP contribution in [0.2, 0.25) is 0 Å². The van der Waals surface area contributed by atoms with Gasteiger partial charge in [0, 0.05) is 51.3 Å². The predicted octanol–water partition coefficient (Wildman–Crippen LogP) is -0.436. The van der Waals surface area contributed by atoms with Gasteiger partial charge in [0.15, 0.2) is 5.96 Å². The third-order valence-corrected chi connectivity index (χ3v) is 11.5. The van der Waals surface area contributed by atoms with Crippen LogP contribution in [0.1, 0.15) is 95.2 Å². The van der Waals surface area contributed by atoms with Gasteiger partial charge in [-0.25, -0.2) is 4.98 Å². The molecule has 2 aromatic rings. The van der Waals surface area contributed by atoms with Gasteiger partial charge in [-0.15, -0.1) is 0 Å². The Balaban J connectivity index is 1.45. The number of amides is 7. The van der Waals surface area contributed by atoms with Crippen LogP contribution in [0.5, 0.6) is 0 Å². The van der Waals surface area contributed by atoms with Crippen LogP contribution >= 0.6 is 0 Å². The molecular weight excluding hydrogens is 785 g/mol. The normalized spacial score (nSPS) is 24.1. The molecule has 5 rings (SSSR count). The first-order valence-corrected chi connectivity index (χ1v) is 21.5. The van der Waals surface area contributed by atoms with Gasteiger partial charge in [-0.1, -0.05) is 62.4 Å². The number of rotatable bonds is 13. The summed E-state index contributed by atoms with van der Waals surface area (Å²) in [5.41, 5.74) is 12.4. The van der Waals surface area contributed by atoms with E-state index in [0.717, 1.165) is 37.7 Å². The summed E-state index contributed by atoms with van der Waals surface area (Å²) in [6, 6.07) is 2.86. The van der Waals surface area contributed by atoms with E-state index in [2.05, 4.69) is 46.9 Å². The molecule has 2 aliphatic heterocycles. The highest BCUT2D eigenvalue weighted by Crippen LogP contribution is 2.28. The maximum absolute atomic E-state index is 14.5. The lowest BCUT2D eigenvalue weighted by Gasteiger charge is -2.32. The van der Waals surface area contributed by atoms with Gasteiger partial charge in [0.05, 0.1) is 6.33 Å². The van der Waals surface area contributed by atoms with E-state index in [-0.39, 0.29) is 63.6 Å². The molecule has 19 heteroatoms. The van der Waals surface area contributed by atoms with Crippen molar-refractivity contribution in [2.24, 2.45) is 22.4 Å². The van der Waals surface area contributed by atoms with Gasteiger partial charge >= 0.3 is 0 Å². The molecule has 0 spiro atoms. The van der Waals surface area contributed by atoms with E-state index in [0.29, 0.717) is 31.4 Å². The molecular formula is C42H62N12O7. The zero-order chi connectivity index (χ0) is 43.7. The Hall–Kier alpha value is -6.01. The number of nitrogens with one attached hydrogen (secondary N) is 7. The summed E-state index contributed by atoms with van der Waals surface area (Å²) >= 11 is 0. The fourth-order valence-electron chi connectivity index (χ4n) is 8.38. The van der Waals surface area contributed by atoms with Crippen molar-refractivity contribution in [2.45, 2.75) is 133 Å². The number of H-pyrrole nitrogens is 1. The molecule has 0 bridgehead atoms. The SMILES string of the molecule is CC(=O)N[C@@H](Cc1ccccc1)C(=O)NC1CCCNC(=O)C(CCCN=C(N)N)NC(=O)C(Cc2cnc[nH]2)NC(=O)[C@@H](CC2CCCCC2)NC(=O)C2CCCN2C1=O. The molecule has 6 atom stereocenters. The molecule has 0 radical (unpaired) electrons. The Labute approximate surface area is 356 Å². The number of aliphatic imine (C=N–C) groups is 1. The molecule has 1 saturated carbocycles. The molecule has 3 fully saturated rings. The molecule has 2 saturated heterocycles. The quantitative estimate of drug-likeness (QED) is 0.0712. The lowest BCUT2D eigenvalue weighted by Crippen LogP contribution is -2.60. The van der Waals surface area contributed by atoms with Crippen molar-refractivity contribution in [1.29, 1.82) is 0 Å². The molecule has 1 aromatic carbocycles. The predicted molar refractivity (Wildman–Crippen MR) is 226 cm³/mol. The van der Waals surface area contributed by atoms with E-state index in [1.807, 2.05) is 30.3 Å². The summed E-state index contributed by atoms with van der Waals surface area (Å²) in [7, 11) is 0. The number of hydrogen-bond acceptors (Lipinski definition) is 9. The first kappa shape index (κ1) is 46.1. The second-order valence-electron chi connectivity index (χ2n) is 16.3. The molecule has 11 N–H and O–H groups in total. The van der Waals surface area contributed by atoms with Gasteiger partial charge in [-0.2, -0.15) is 0 Å². The minimum absolute atomic E-state index is 0.0240. The average Bonchev–Trinajstić information content (AvgIpc) is 3.95. The average molecular weight is 847 g/mol. The van der Waals surface area contributed by atoms with Crippen LogP contribution in [0.15, 0.2) is 47.8 Å². The van der Waals surface area contributed by atoms with Crippen LogP contribution < -0.4 is 43.4 Å². The van der Waals surface area contributed by atoms with Crippen LogP contribution in [0.3, 0.4) is 0 Å². The maximum atomic E-state index is 14.5. The van der Waals surface area contributed by atoms with Gasteiger partial charge in [-0.05, 0) is 56.4 Å². The number of imidazole rings is 1. The summed E-state index contributed by atoms with van der Waals surface area (Å²) in [6.45, 7) is 1.82. The van der Waals surface area contributed by atoms with Crippen LogP contribution in [0, 0.1) is 5.92 Å². The lowest BCUT2D eigenvalue weighted by atomic mass is 9.84. The Morgan fingerprint density at radius 2 is 1.59 bits per heavy atom. The monoisotopic (exact) mass is 846 g/mol. The van der Waals surface area contributed by atoms with Crippen molar-refractivity contribution >= 4 is 47.3 Å². The number of aromatic nitrogens is 2. The molecule has 61 heavy (non-hydrogen) atoms. The number of carbonyl (C=O) groups excluding carboxylic acids is 7. The largest absolute Gasteiger partial charge is 0.370 e. The highest BCUT2D eigenvalue weighted by molar-refractivity contribution is 5.97. The fraction of sp³-hybridized carbons (Fsp3) is 0.595. The molecule has 7 amide bonds. The third-order valence-electron chi connectivity index (χ3n) is 11.5. The zero-order valence-electron chi connectivity index (χ0n) is 35.0. The number of carbonyl (C=O) groups is 7. The summed E-state index contributed by atoms with van der Waals surface area (Å²) in [5, 5.41) is 17.0. The standard InChI is InChI=1S/C42H62N12O7/c1-26(55)49-32(21-27-11-4-2-5-12-27)37(57)51-31-16-9-18-46-36(56)30(15-8-19-47-42(43)44)50-39(59)34(23-29-24-45-25-48-29)52-38(58)33(22-28-13-6-3-7-14-28)53-40(60)35-17-10-20-54(35)41(31)61/h2,4-5,11-12,24-25,28,30-35H,3,6-10,13-23H2,1H3,(H,45,48)(H,46,56)(H,49,55)(H,50,59)(H,51,57)(H,52,58)(H,53,60)(H4,43,44,47)/t30?,31?,32-,33+,34?,35?/m0/s1. The topological polar surface area (TPSA) is 288 Å². The Kier molecular flexibility index (Phi) is 17.5. The summed E-state index contributed by atoms with van der Waals surface area (Å²) in [6.07, 6.45) is 10.0. The zero-order valence-corrected chi connectivity index (χ0v) is 35.0. The summed E-state index contributed by atoms with van der Waals surface area (Å²) in [5.74, 6) is -3.66. The molecule has 3 heterocycles. The molecule has 332 valence electrons.